The van der Waals surface area contributed by atoms with Crippen LogP contribution in [-0.2, 0) is 0 Å². The number of benzene rings is 1. The van der Waals surface area contributed by atoms with Crippen molar-refractivity contribution < 1.29 is 0 Å². The van der Waals surface area contributed by atoms with Crippen LogP contribution in [0.15, 0.2) is 24.3 Å². The van der Waals surface area contributed by atoms with E-state index in [1.165, 1.54) is 0 Å². The van der Waals surface area contributed by atoms with Gasteiger partial charge in [0.1, 0.15) is 5.82 Å². The summed E-state index contributed by atoms with van der Waals surface area (Å²) in [6, 6.07) is 7.99. The molecule has 3 nitrogen and oxygen atoms in total. The highest BCUT2D eigenvalue weighted by molar-refractivity contribution is 6.28. The number of anilines is 1. The summed E-state index contributed by atoms with van der Waals surface area (Å²) < 4.78 is 0. The molecule has 82 valence electrons. The highest BCUT2D eigenvalue weighted by Gasteiger charge is 2.25. The van der Waals surface area contributed by atoms with Crippen LogP contribution < -0.4 is 4.90 Å². The van der Waals surface area contributed by atoms with Gasteiger partial charge in [-0.3, -0.25) is 0 Å². The summed E-state index contributed by atoms with van der Waals surface area (Å²) in [4.78, 5) is 10.8. The van der Waals surface area contributed by atoms with E-state index < -0.39 is 0 Å². The predicted octanol–water partition coefficient (Wildman–Crippen LogP) is 2.74. The molecule has 2 heterocycles. The largest absolute Gasteiger partial charge is 0.355 e. The maximum Gasteiger partial charge on any atom is 0.224 e. The third-order valence-corrected chi connectivity index (χ3v) is 3.09. The second-order valence-corrected chi connectivity index (χ2v) is 4.68. The van der Waals surface area contributed by atoms with E-state index >= 15 is 0 Å². The summed E-state index contributed by atoms with van der Waals surface area (Å²) in [7, 11) is 0. The lowest BCUT2D eigenvalue weighted by Gasteiger charge is -2.38. The molecule has 0 unspecified atom stereocenters. The number of aromatic nitrogens is 2. The van der Waals surface area contributed by atoms with Crippen molar-refractivity contribution in [3.8, 4) is 0 Å². The molecule has 0 atom stereocenters. The molecule has 3 rings (SSSR count). The van der Waals surface area contributed by atoms with Crippen LogP contribution in [0.25, 0.3) is 10.9 Å². The normalized spacial score (nSPS) is 16.5. The third-order valence-electron chi connectivity index (χ3n) is 2.92. The Morgan fingerprint density at radius 3 is 2.75 bits per heavy atom. The monoisotopic (exact) mass is 233 g/mol. The van der Waals surface area contributed by atoms with Gasteiger partial charge in [-0.2, -0.15) is 4.98 Å². The first kappa shape index (κ1) is 9.85. The zero-order chi connectivity index (χ0) is 11.1. The maximum atomic E-state index is 5.94. The summed E-state index contributed by atoms with van der Waals surface area (Å²) in [6.07, 6.45) is 0. The fourth-order valence-corrected chi connectivity index (χ4v) is 2.32. The van der Waals surface area contributed by atoms with Crippen LogP contribution in [0, 0.1) is 5.92 Å². The Kier molecular flexibility index (Phi) is 2.21. The zero-order valence-corrected chi connectivity index (χ0v) is 9.78. The van der Waals surface area contributed by atoms with Crippen LogP contribution in [0.5, 0.6) is 0 Å². The highest BCUT2D eigenvalue weighted by atomic mass is 35.5. The Balaban J connectivity index is 2.15. The Morgan fingerprint density at radius 2 is 2.00 bits per heavy atom. The molecule has 1 aromatic heterocycles. The van der Waals surface area contributed by atoms with Crippen LogP contribution in [0.3, 0.4) is 0 Å². The van der Waals surface area contributed by atoms with Crippen molar-refractivity contribution >= 4 is 28.3 Å². The fraction of sp³-hybridized carbons (Fsp3) is 0.333. The molecule has 0 spiro atoms. The van der Waals surface area contributed by atoms with Gasteiger partial charge in [-0.05, 0) is 29.7 Å². The van der Waals surface area contributed by atoms with Crippen LogP contribution >= 0.6 is 11.6 Å². The van der Waals surface area contributed by atoms with Crippen molar-refractivity contribution in [2.24, 2.45) is 5.92 Å². The van der Waals surface area contributed by atoms with Crippen molar-refractivity contribution in [3.05, 3.63) is 29.5 Å². The Hall–Kier alpha value is -1.35. The van der Waals surface area contributed by atoms with E-state index in [0.717, 1.165) is 35.7 Å². The van der Waals surface area contributed by atoms with Gasteiger partial charge in [0.25, 0.3) is 0 Å². The first-order chi connectivity index (χ1) is 7.74. The molecule has 2 aromatic rings. The molecule has 0 radical (unpaired) electrons. The van der Waals surface area contributed by atoms with Gasteiger partial charge >= 0.3 is 0 Å². The van der Waals surface area contributed by atoms with E-state index in [1.54, 1.807) is 0 Å². The van der Waals surface area contributed by atoms with Crippen LogP contribution in [0.2, 0.25) is 5.28 Å². The van der Waals surface area contributed by atoms with E-state index in [4.69, 9.17) is 11.6 Å². The smallest absolute Gasteiger partial charge is 0.224 e. The Labute approximate surface area is 99.1 Å². The van der Waals surface area contributed by atoms with Crippen LogP contribution in [0.4, 0.5) is 5.82 Å². The minimum absolute atomic E-state index is 0.327. The molecule has 0 amide bonds. The molecule has 1 aliphatic heterocycles. The summed E-state index contributed by atoms with van der Waals surface area (Å²) in [5, 5.41) is 1.41. The van der Waals surface area contributed by atoms with Crippen LogP contribution in [0.1, 0.15) is 6.92 Å². The number of rotatable bonds is 1. The third kappa shape index (κ3) is 1.52. The van der Waals surface area contributed by atoms with Gasteiger partial charge in [0.2, 0.25) is 5.28 Å². The highest BCUT2D eigenvalue weighted by Crippen LogP contribution is 2.29. The molecule has 1 fully saturated rings. The average Bonchev–Trinajstić information content (AvgIpc) is 2.24. The second kappa shape index (κ2) is 3.59. The lowest BCUT2D eigenvalue weighted by atomic mass is 10.0. The molecule has 4 heteroatoms. The number of hydrogen-bond donors (Lipinski definition) is 0. The van der Waals surface area contributed by atoms with E-state index in [2.05, 4.69) is 21.8 Å². The lowest BCUT2D eigenvalue weighted by molar-refractivity contribution is 0.444. The van der Waals surface area contributed by atoms with E-state index in [9.17, 15) is 0 Å². The lowest BCUT2D eigenvalue weighted by Crippen LogP contribution is -2.45. The molecule has 1 saturated heterocycles. The molecule has 16 heavy (non-hydrogen) atoms. The zero-order valence-electron chi connectivity index (χ0n) is 9.02. The van der Waals surface area contributed by atoms with Gasteiger partial charge in [0.05, 0.1) is 5.52 Å². The molecule has 0 aliphatic carbocycles. The minimum atomic E-state index is 0.327. The summed E-state index contributed by atoms with van der Waals surface area (Å²) in [5.41, 5.74) is 0.914. The second-order valence-electron chi connectivity index (χ2n) is 4.34. The van der Waals surface area contributed by atoms with Crippen molar-refractivity contribution in [1.82, 2.24) is 9.97 Å². The molecule has 1 aliphatic rings. The Morgan fingerprint density at radius 1 is 1.25 bits per heavy atom. The van der Waals surface area contributed by atoms with Crippen molar-refractivity contribution in [3.63, 3.8) is 0 Å². The SMILES string of the molecule is CC1CN(c2nc(Cl)nc3ccccc23)C1. The van der Waals surface area contributed by atoms with E-state index in [-0.39, 0.29) is 0 Å². The summed E-state index contributed by atoms with van der Waals surface area (Å²) in [6.45, 7) is 4.34. The number of fused-ring (bicyclic) bond motifs is 1. The van der Waals surface area contributed by atoms with Gasteiger partial charge < -0.3 is 4.90 Å². The predicted molar refractivity (Wildman–Crippen MR) is 65.9 cm³/mol. The molecular weight excluding hydrogens is 222 g/mol. The summed E-state index contributed by atoms with van der Waals surface area (Å²) >= 11 is 5.94. The van der Waals surface area contributed by atoms with Gasteiger partial charge in [-0.15, -0.1) is 0 Å². The molecule has 0 saturated carbocycles. The first-order valence-corrected chi connectivity index (χ1v) is 5.79. The van der Waals surface area contributed by atoms with Gasteiger partial charge in [-0.1, -0.05) is 19.1 Å². The standard InChI is InChI=1S/C12H12ClN3/c1-8-6-16(7-8)11-9-4-2-3-5-10(9)14-12(13)15-11/h2-5,8H,6-7H2,1H3. The first-order valence-electron chi connectivity index (χ1n) is 5.41. The fourth-order valence-electron chi connectivity index (χ4n) is 2.15. The number of nitrogens with zero attached hydrogens (tertiary/aromatic N) is 3. The molecule has 0 bridgehead atoms. The van der Waals surface area contributed by atoms with Gasteiger partial charge in [0, 0.05) is 18.5 Å². The molecule has 0 N–H and O–H groups in total. The number of para-hydroxylation sites is 1. The van der Waals surface area contributed by atoms with Crippen molar-refractivity contribution in [1.29, 1.82) is 0 Å². The van der Waals surface area contributed by atoms with E-state index in [1.807, 2.05) is 24.3 Å². The summed E-state index contributed by atoms with van der Waals surface area (Å²) in [5.74, 6) is 1.71. The molecule has 1 aromatic carbocycles. The maximum absolute atomic E-state index is 5.94. The quantitative estimate of drug-likeness (QED) is 0.710. The number of halogens is 1. The van der Waals surface area contributed by atoms with E-state index in [0.29, 0.717) is 5.28 Å². The Bertz CT molecular complexity index is 535. The topological polar surface area (TPSA) is 29.0 Å². The molecular formula is C12H12ClN3. The van der Waals surface area contributed by atoms with Crippen molar-refractivity contribution in [2.45, 2.75) is 6.92 Å². The minimum Gasteiger partial charge on any atom is -0.355 e. The van der Waals surface area contributed by atoms with Crippen LogP contribution in [-0.4, -0.2) is 23.1 Å². The van der Waals surface area contributed by atoms with Gasteiger partial charge in [0.15, 0.2) is 0 Å². The number of hydrogen-bond acceptors (Lipinski definition) is 3. The average molecular weight is 234 g/mol. The van der Waals surface area contributed by atoms with Crippen molar-refractivity contribution in [2.75, 3.05) is 18.0 Å². The van der Waals surface area contributed by atoms with Gasteiger partial charge in [-0.25, -0.2) is 4.98 Å².